The lowest BCUT2D eigenvalue weighted by atomic mass is 10.1. The summed E-state index contributed by atoms with van der Waals surface area (Å²) < 4.78 is 11.1. The van der Waals surface area contributed by atoms with E-state index < -0.39 is 0 Å². The Kier molecular flexibility index (Phi) is 3.66. The van der Waals surface area contributed by atoms with E-state index in [4.69, 9.17) is 20.3 Å². The van der Waals surface area contributed by atoms with E-state index in [2.05, 4.69) is 0 Å². The van der Waals surface area contributed by atoms with Crippen LogP contribution in [0.5, 0.6) is 5.75 Å². The average molecular weight is 292 g/mol. The first-order valence-corrected chi connectivity index (χ1v) is 6.86. The maximum atomic E-state index is 7.40. The Bertz CT molecular complexity index is 787. The minimum atomic E-state index is 0.0601. The molecule has 0 saturated heterocycles. The van der Waals surface area contributed by atoms with E-state index in [1.165, 1.54) is 0 Å². The van der Waals surface area contributed by atoms with E-state index in [0.717, 1.165) is 28.4 Å². The van der Waals surface area contributed by atoms with Crippen LogP contribution in [0.15, 0.2) is 65.1 Å². The van der Waals surface area contributed by atoms with E-state index in [-0.39, 0.29) is 5.84 Å². The minimum Gasteiger partial charge on any atom is -0.497 e. The number of rotatable bonds is 4. The van der Waals surface area contributed by atoms with Crippen molar-refractivity contribution in [3.63, 3.8) is 0 Å². The van der Waals surface area contributed by atoms with Gasteiger partial charge in [0.05, 0.1) is 7.11 Å². The van der Waals surface area contributed by atoms with Crippen molar-refractivity contribution in [1.29, 1.82) is 5.41 Å². The number of nitrogen functional groups attached to an aromatic ring is 1. The second-order valence-electron chi connectivity index (χ2n) is 4.88. The number of amidine groups is 1. The van der Waals surface area contributed by atoms with E-state index in [1.54, 1.807) is 7.11 Å². The first kappa shape index (κ1) is 13.9. The lowest BCUT2D eigenvalue weighted by Crippen LogP contribution is -2.10. The quantitative estimate of drug-likeness (QED) is 0.565. The molecule has 4 heteroatoms. The Morgan fingerprint density at radius 2 is 1.36 bits per heavy atom. The van der Waals surface area contributed by atoms with Crippen LogP contribution >= 0.6 is 0 Å². The molecule has 0 amide bonds. The molecule has 22 heavy (non-hydrogen) atoms. The molecular formula is C18H16N2O2. The van der Waals surface area contributed by atoms with Crippen LogP contribution in [0, 0.1) is 5.41 Å². The number of methoxy groups -OCH3 is 1. The van der Waals surface area contributed by atoms with Gasteiger partial charge in [0.1, 0.15) is 23.1 Å². The largest absolute Gasteiger partial charge is 0.497 e. The van der Waals surface area contributed by atoms with Gasteiger partial charge in [-0.25, -0.2) is 0 Å². The molecule has 0 fully saturated rings. The van der Waals surface area contributed by atoms with Crippen LogP contribution in [0.4, 0.5) is 0 Å². The summed E-state index contributed by atoms with van der Waals surface area (Å²) in [4.78, 5) is 0. The van der Waals surface area contributed by atoms with Gasteiger partial charge in [-0.1, -0.05) is 24.3 Å². The second kappa shape index (κ2) is 5.77. The van der Waals surface area contributed by atoms with Crippen molar-refractivity contribution in [2.24, 2.45) is 5.73 Å². The molecule has 0 atom stereocenters. The zero-order valence-electron chi connectivity index (χ0n) is 12.2. The van der Waals surface area contributed by atoms with Crippen LogP contribution in [0.2, 0.25) is 0 Å². The Morgan fingerprint density at radius 1 is 0.864 bits per heavy atom. The molecule has 0 saturated carbocycles. The monoisotopic (exact) mass is 292 g/mol. The molecule has 1 heterocycles. The normalized spacial score (nSPS) is 10.4. The van der Waals surface area contributed by atoms with Gasteiger partial charge in [-0.15, -0.1) is 0 Å². The minimum absolute atomic E-state index is 0.0601. The summed E-state index contributed by atoms with van der Waals surface area (Å²) in [6.45, 7) is 0. The van der Waals surface area contributed by atoms with Crippen LogP contribution in [-0.4, -0.2) is 12.9 Å². The van der Waals surface area contributed by atoms with E-state index >= 15 is 0 Å². The van der Waals surface area contributed by atoms with Crippen LogP contribution in [-0.2, 0) is 0 Å². The van der Waals surface area contributed by atoms with Crippen molar-refractivity contribution < 1.29 is 9.15 Å². The summed E-state index contributed by atoms with van der Waals surface area (Å²) in [5.74, 6) is 2.45. The van der Waals surface area contributed by atoms with Gasteiger partial charge in [-0.05, 0) is 36.4 Å². The van der Waals surface area contributed by atoms with Gasteiger partial charge >= 0.3 is 0 Å². The van der Waals surface area contributed by atoms with Gasteiger partial charge in [-0.2, -0.15) is 0 Å². The molecule has 3 rings (SSSR count). The number of hydrogen-bond acceptors (Lipinski definition) is 3. The summed E-state index contributed by atoms with van der Waals surface area (Å²) >= 11 is 0. The topological polar surface area (TPSA) is 72.2 Å². The molecule has 0 radical (unpaired) electrons. The smallest absolute Gasteiger partial charge is 0.134 e. The molecule has 0 bridgehead atoms. The molecule has 4 nitrogen and oxygen atoms in total. The number of nitrogens with one attached hydrogen (secondary N) is 1. The van der Waals surface area contributed by atoms with Crippen LogP contribution in [0.25, 0.3) is 22.6 Å². The Labute approximate surface area is 128 Å². The zero-order chi connectivity index (χ0) is 15.5. The van der Waals surface area contributed by atoms with Crippen LogP contribution < -0.4 is 10.5 Å². The van der Waals surface area contributed by atoms with Crippen molar-refractivity contribution in [1.82, 2.24) is 0 Å². The average Bonchev–Trinajstić information content (AvgIpc) is 3.05. The third kappa shape index (κ3) is 2.72. The molecule has 0 aliphatic rings. The van der Waals surface area contributed by atoms with Crippen molar-refractivity contribution in [2.75, 3.05) is 7.11 Å². The highest BCUT2D eigenvalue weighted by Gasteiger charge is 2.07. The fourth-order valence-electron chi connectivity index (χ4n) is 2.22. The predicted octanol–water partition coefficient (Wildman–Crippen LogP) is 3.91. The second-order valence-corrected chi connectivity index (χ2v) is 4.88. The van der Waals surface area contributed by atoms with Crippen molar-refractivity contribution in [2.45, 2.75) is 0 Å². The van der Waals surface area contributed by atoms with Crippen LogP contribution in [0.1, 0.15) is 5.56 Å². The molecule has 0 aliphatic heterocycles. The van der Waals surface area contributed by atoms with Crippen molar-refractivity contribution in [3.05, 3.63) is 66.2 Å². The molecule has 3 aromatic rings. The maximum Gasteiger partial charge on any atom is 0.134 e. The maximum absolute atomic E-state index is 7.40. The molecular weight excluding hydrogens is 276 g/mol. The molecule has 2 aromatic carbocycles. The lowest BCUT2D eigenvalue weighted by Gasteiger charge is -2.02. The highest BCUT2D eigenvalue weighted by atomic mass is 16.5. The molecule has 1 aromatic heterocycles. The summed E-state index contributed by atoms with van der Waals surface area (Å²) in [6, 6.07) is 19.0. The standard InChI is InChI=1S/C18H16N2O2/c1-21-15-8-6-13(7-9-15)17-11-10-16(22-17)12-2-4-14(5-3-12)18(19)20/h2-11H,1H3,(H3,19,20). The number of nitrogens with two attached hydrogens (primary N) is 1. The van der Waals surface area contributed by atoms with E-state index in [0.29, 0.717) is 5.56 Å². The molecule has 3 N–H and O–H groups in total. The third-order valence-electron chi connectivity index (χ3n) is 3.46. The van der Waals surface area contributed by atoms with Gasteiger partial charge in [0.25, 0.3) is 0 Å². The van der Waals surface area contributed by atoms with Gasteiger partial charge in [0, 0.05) is 16.7 Å². The van der Waals surface area contributed by atoms with E-state index in [1.807, 2.05) is 60.7 Å². The first-order valence-electron chi connectivity index (χ1n) is 6.86. The third-order valence-corrected chi connectivity index (χ3v) is 3.46. The van der Waals surface area contributed by atoms with E-state index in [9.17, 15) is 0 Å². The van der Waals surface area contributed by atoms with Crippen LogP contribution in [0.3, 0.4) is 0 Å². The molecule has 0 aliphatic carbocycles. The summed E-state index contributed by atoms with van der Waals surface area (Å²) in [7, 11) is 1.64. The SMILES string of the molecule is COc1ccc(-c2ccc(-c3ccc(C(=N)N)cc3)o2)cc1. The van der Waals surface area contributed by atoms with Gasteiger partial charge in [0.15, 0.2) is 0 Å². The van der Waals surface area contributed by atoms with Gasteiger partial charge in [-0.3, -0.25) is 5.41 Å². The number of ether oxygens (including phenoxy) is 1. The lowest BCUT2D eigenvalue weighted by molar-refractivity contribution is 0.415. The van der Waals surface area contributed by atoms with Crippen molar-refractivity contribution >= 4 is 5.84 Å². The van der Waals surface area contributed by atoms with Gasteiger partial charge < -0.3 is 14.9 Å². The zero-order valence-corrected chi connectivity index (χ0v) is 12.2. The number of hydrogen-bond donors (Lipinski definition) is 2. The summed E-state index contributed by atoms with van der Waals surface area (Å²) in [6.07, 6.45) is 0. The Morgan fingerprint density at radius 3 is 1.82 bits per heavy atom. The fraction of sp³-hybridized carbons (Fsp3) is 0.0556. The summed E-state index contributed by atoms with van der Waals surface area (Å²) in [5, 5.41) is 7.40. The number of furan rings is 1. The number of benzene rings is 2. The van der Waals surface area contributed by atoms with Gasteiger partial charge in [0.2, 0.25) is 0 Å². The molecule has 0 spiro atoms. The highest BCUT2D eigenvalue weighted by molar-refractivity contribution is 5.95. The van der Waals surface area contributed by atoms with Crippen molar-refractivity contribution in [3.8, 4) is 28.4 Å². The Balaban J connectivity index is 1.87. The first-order chi connectivity index (χ1) is 10.7. The predicted molar refractivity (Wildman–Crippen MR) is 87.1 cm³/mol. The highest BCUT2D eigenvalue weighted by Crippen LogP contribution is 2.29. The molecule has 0 unspecified atom stereocenters. The molecule has 110 valence electrons. The Hall–Kier alpha value is -3.01. The summed E-state index contributed by atoms with van der Waals surface area (Å²) in [5.41, 5.74) is 8.10. The fourth-order valence-corrected chi connectivity index (χ4v) is 2.22.